The SMILES string of the molecule is COc1ccccc1C1CNCCN1C(=O)CCc1cscn1. The number of benzene rings is 1. The number of amides is 1. The second-order valence-electron chi connectivity index (χ2n) is 5.53. The Bertz CT molecular complexity index is 645. The molecule has 1 amide bonds. The number of rotatable bonds is 5. The molecule has 1 saturated heterocycles. The number of hydrogen-bond donors (Lipinski definition) is 1. The molecule has 122 valence electrons. The molecule has 5 nitrogen and oxygen atoms in total. The van der Waals surface area contributed by atoms with Crippen molar-refractivity contribution >= 4 is 17.2 Å². The molecule has 0 saturated carbocycles. The predicted octanol–water partition coefficient (Wildman–Crippen LogP) is 2.26. The molecule has 1 atom stereocenters. The fraction of sp³-hybridized carbons (Fsp3) is 0.412. The van der Waals surface area contributed by atoms with Crippen LogP contribution in [0.2, 0.25) is 0 Å². The van der Waals surface area contributed by atoms with E-state index >= 15 is 0 Å². The van der Waals surface area contributed by atoms with Crippen LogP contribution in [0.15, 0.2) is 35.2 Å². The average Bonchev–Trinajstić information content (AvgIpc) is 3.13. The summed E-state index contributed by atoms with van der Waals surface area (Å²) in [6, 6.07) is 7.94. The Balaban J connectivity index is 1.74. The second-order valence-corrected chi connectivity index (χ2v) is 6.25. The van der Waals surface area contributed by atoms with Crippen LogP contribution in [-0.2, 0) is 11.2 Å². The highest BCUT2D eigenvalue weighted by atomic mass is 32.1. The summed E-state index contributed by atoms with van der Waals surface area (Å²) in [7, 11) is 1.67. The topological polar surface area (TPSA) is 54.5 Å². The lowest BCUT2D eigenvalue weighted by Crippen LogP contribution is -2.48. The smallest absolute Gasteiger partial charge is 0.223 e. The van der Waals surface area contributed by atoms with E-state index in [1.54, 1.807) is 18.4 Å². The van der Waals surface area contributed by atoms with Gasteiger partial charge in [0.05, 0.1) is 24.4 Å². The first kappa shape index (κ1) is 16.0. The normalized spacial score (nSPS) is 18.0. The summed E-state index contributed by atoms with van der Waals surface area (Å²) in [5.41, 5.74) is 3.86. The highest BCUT2D eigenvalue weighted by Gasteiger charge is 2.29. The van der Waals surface area contributed by atoms with Crippen molar-refractivity contribution in [2.75, 3.05) is 26.7 Å². The van der Waals surface area contributed by atoms with Gasteiger partial charge in [-0.05, 0) is 12.5 Å². The maximum absolute atomic E-state index is 12.7. The van der Waals surface area contributed by atoms with E-state index in [0.717, 1.165) is 36.6 Å². The van der Waals surface area contributed by atoms with Crippen molar-refractivity contribution in [3.8, 4) is 5.75 Å². The lowest BCUT2D eigenvalue weighted by molar-refractivity contribution is -0.134. The molecule has 0 spiro atoms. The van der Waals surface area contributed by atoms with Gasteiger partial charge >= 0.3 is 0 Å². The first-order valence-electron chi connectivity index (χ1n) is 7.79. The molecule has 0 radical (unpaired) electrons. The number of nitrogens with zero attached hydrogens (tertiary/aromatic N) is 2. The molecule has 1 aliphatic rings. The average molecular weight is 331 g/mol. The maximum atomic E-state index is 12.7. The van der Waals surface area contributed by atoms with E-state index in [0.29, 0.717) is 12.8 Å². The molecule has 3 rings (SSSR count). The Morgan fingerprint density at radius 2 is 2.35 bits per heavy atom. The lowest BCUT2D eigenvalue weighted by Gasteiger charge is -2.37. The van der Waals surface area contributed by atoms with Crippen molar-refractivity contribution in [1.82, 2.24) is 15.2 Å². The van der Waals surface area contributed by atoms with Crippen LogP contribution >= 0.6 is 11.3 Å². The van der Waals surface area contributed by atoms with E-state index in [4.69, 9.17) is 4.74 Å². The molecule has 2 heterocycles. The quantitative estimate of drug-likeness (QED) is 0.913. The molecule has 0 aliphatic carbocycles. The molecule has 23 heavy (non-hydrogen) atoms. The van der Waals surface area contributed by atoms with E-state index < -0.39 is 0 Å². The standard InChI is InChI=1S/C17H21N3O2S/c1-22-16-5-3-2-4-14(16)15-10-18-8-9-20(15)17(21)7-6-13-11-23-12-19-13/h2-5,11-12,15,18H,6-10H2,1H3. The van der Waals surface area contributed by atoms with Gasteiger partial charge in [0.1, 0.15) is 5.75 Å². The summed E-state index contributed by atoms with van der Waals surface area (Å²) in [6.07, 6.45) is 1.19. The van der Waals surface area contributed by atoms with Crippen molar-refractivity contribution in [1.29, 1.82) is 0 Å². The van der Waals surface area contributed by atoms with Gasteiger partial charge in [-0.15, -0.1) is 11.3 Å². The predicted molar refractivity (Wildman–Crippen MR) is 90.8 cm³/mol. The number of carbonyl (C=O) groups is 1. The molecule has 1 unspecified atom stereocenters. The summed E-state index contributed by atoms with van der Waals surface area (Å²) >= 11 is 1.57. The van der Waals surface area contributed by atoms with E-state index in [-0.39, 0.29) is 11.9 Å². The van der Waals surface area contributed by atoms with Crippen molar-refractivity contribution in [2.45, 2.75) is 18.9 Å². The van der Waals surface area contributed by atoms with Crippen molar-refractivity contribution < 1.29 is 9.53 Å². The largest absolute Gasteiger partial charge is 0.496 e. The first-order valence-corrected chi connectivity index (χ1v) is 8.74. The number of methoxy groups -OCH3 is 1. The van der Waals surface area contributed by atoms with Crippen molar-refractivity contribution in [3.05, 3.63) is 46.4 Å². The van der Waals surface area contributed by atoms with Crippen molar-refractivity contribution in [3.63, 3.8) is 0 Å². The van der Waals surface area contributed by atoms with Crippen LogP contribution in [0.25, 0.3) is 0 Å². The zero-order valence-corrected chi connectivity index (χ0v) is 14.0. The van der Waals surface area contributed by atoms with Gasteiger partial charge in [0.25, 0.3) is 0 Å². The molecule has 6 heteroatoms. The fourth-order valence-corrected chi connectivity index (χ4v) is 3.55. The Hall–Kier alpha value is -1.92. The van der Waals surface area contributed by atoms with E-state index in [9.17, 15) is 4.79 Å². The molecule has 1 fully saturated rings. The monoisotopic (exact) mass is 331 g/mol. The molecule has 1 aromatic carbocycles. The van der Waals surface area contributed by atoms with Crippen LogP contribution in [-0.4, -0.2) is 42.5 Å². The highest BCUT2D eigenvalue weighted by molar-refractivity contribution is 7.07. The van der Waals surface area contributed by atoms with E-state index in [1.165, 1.54) is 0 Å². The van der Waals surface area contributed by atoms with Gasteiger partial charge in [-0.3, -0.25) is 4.79 Å². The summed E-state index contributed by atoms with van der Waals surface area (Å²) in [5, 5.41) is 5.38. The van der Waals surface area contributed by atoms with Gasteiger partial charge in [0.2, 0.25) is 5.91 Å². The van der Waals surface area contributed by atoms with Gasteiger partial charge in [0, 0.05) is 37.0 Å². The van der Waals surface area contributed by atoms with Crippen LogP contribution in [0, 0.1) is 0 Å². The van der Waals surface area contributed by atoms with Crippen LogP contribution in [0.5, 0.6) is 5.75 Å². The summed E-state index contributed by atoms with van der Waals surface area (Å²) in [5.74, 6) is 1.01. The third-order valence-electron chi connectivity index (χ3n) is 4.14. The van der Waals surface area contributed by atoms with Crippen LogP contribution in [0.3, 0.4) is 0 Å². The Morgan fingerprint density at radius 1 is 1.48 bits per heavy atom. The highest BCUT2D eigenvalue weighted by Crippen LogP contribution is 2.30. The summed E-state index contributed by atoms with van der Waals surface area (Å²) in [4.78, 5) is 18.9. The lowest BCUT2D eigenvalue weighted by atomic mass is 10.0. The zero-order valence-electron chi connectivity index (χ0n) is 13.2. The molecular formula is C17H21N3O2S. The number of aromatic nitrogens is 1. The number of aryl methyl sites for hydroxylation is 1. The van der Waals surface area contributed by atoms with Crippen LogP contribution in [0.1, 0.15) is 23.7 Å². The van der Waals surface area contributed by atoms with Crippen LogP contribution < -0.4 is 10.1 Å². The molecule has 0 bridgehead atoms. The van der Waals surface area contributed by atoms with E-state index in [2.05, 4.69) is 10.3 Å². The molecule has 2 aromatic rings. The second kappa shape index (κ2) is 7.57. The van der Waals surface area contributed by atoms with E-state index in [1.807, 2.05) is 40.1 Å². The van der Waals surface area contributed by atoms with Gasteiger partial charge in [-0.1, -0.05) is 18.2 Å². The molecule has 1 aliphatic heterocycles. The minimum absolute atomic E-state index is 0.0165. The summed E-state index contributed by atoms with van der Waals surface area (Å²) in [6.45, 7) is 2.30. The number of carbonyl (C=O) groups excluding carboxylic acids is 1. The number of nitrogens with one attached hydrogen (secondary N) is 1. The Labute approximate surface area is 140 Å². The molecule has 1 aromatic heterocycles. The first-order chi connectivity index (χ1) is 11.3. The fourth-order valence-electron chi connectivity index (χ4n) is 2.96. The number of ether oxygens (including phenoxy) is 1. The number of para-hydroxylation sites is 1. The van der Waals surface area contributed by atoms with Crippen molar-refractivity contribution in [2.24, 2.45) is 0 Å². The molecule has 1 N–H and O–H groups in total. The molecular weight excluding hydrogens is 310 g/mol. The number of hydrogen-bond acceptors (Lipinski definition) is 5. The minimum Gasteiger partial charge on any atom is -0.496 e. The Kier molecular flexibility index (Phi) is 5.25. The zero-order chi connectivity index (χ0) is 16.1. The minimum atomic E-state index is 0.0165. The van der Waals surface area contributed by atoms with Gasteiger partial charge in [0.15, 0.2) is 0 Å². The van der Waals surface area contributed by atoms with Crippen LogP contribution in [0.4, 0.5) is 0 Å². The van der Waals surface area contributed by atoms with Gasteiger partial charge < -0.3 is 15.0 Å². The van der Waals surface area contributed by atoms with Gasteiger partial charge in [-0.2, -0.15) is 0 Å². The number of piperazine rings is 1. The maximum Gasteiger partial charge on any atom is 0.223 e. The third-order valence-corrected chi connectivity index (χ3v) is 4.78. The number of thiazole rings is 1. The third kappa shape index (κ3) is 3.71. The summed E-state index contributed by atoms with van der Waals surface area (Å²) < 4.78 is 5.47. The Morgan fingerprint density at radius 3 is 3.13 bits per heavy atom. The van der Waals surface area contributed by atoms with Gasteiger partial charge in [-0.25, -0.2) is 4.98 Å².